The van der Waals surface area contributed by atoms with Crippen molar-refractivity contribution in [3.05, 3.63) is 87.5 Å². The van der Waals surface area contributed by atoms with Gasteiger partial charge in [-0.1, -0.05) is 65.9 Å². The average molecular weight is 476 g/mol. The third kappa shape index (κ3) is 4.66. The first-order chi connectivity index (χ1) is 16.4. The molecule has 7 heteroatoms. The molecule has 0 bridgehead atoms. The van der Waals surface area contributed by atoms with Crippen LogP contribution in [-0.4, -0.2) is 35.1 Å². The molecular weight excluding hydrogens is 446 g/mol. The van der Waals surface area contributed by atoms with Gasteiger partial charge in [-0.3, -0.25) is 4.79 Å². The zero-order chi connectivity index (χ0) is 24.2. The number of amides is 1. The van der Waals surface area contributed by atoms with E-state index in [9.17, 15) is 9.59 Å². The lowest BCUT2D eigenvalue weighted by Crippen LogP contribution is -2.38. The molecule has 6 nitrogen and oxygen atoms in total. The Morgan fingerprint density at radius 1 is 1.12 bits per heavy atom. The molecule has 0 aliphatic carbocycles. The maximum Gasteiger partial charge on any atom is 0.338 e. The number of esters is 1. The highest BCUT2D eigenvalue weighted by Gasteiger charge is 2.42. The summed E-state index contributed by atoms with van der Waals surface area (Å²) in [5, 5.41) is 5.58. The van der Waals surface area contributed by atoms with Gasteiger partial charge < -0.3 is 15.0 Å². The summed E-state index contributed by atoms with van der Waals surface area (Å²) in [7, 11) is 0. The van der Waals surface area contributed by atoms with Crippen LogP contribution >= 0.6 is 11.8 Å². The molecule has 0 saturated carbocycles. The van der Waals surface area contributed by atoms with Crippen LogP contribution in [0.5, 0.6) is 0 Å². The molecule has 1 atom stereocenters. The van der Waals surface area contributed by atoms with E-state index < -0.39 is 12.0 Å². The predicted octanol–water partition coefficient (Wildman–Crippen LogP) is 5.10. The smallest absolute Gasteiger partial charge is 0.338 e. The van der Waals surface area contributed by atoms with Crippen molar-refractivity contribution in [1.29, 1.82) is 0 Å². The molecule has 0 aromatic heterocycles. The highest BCUT2D eigenvalue weighted by molar-refractivity contribution is 8.16. The predicted molar refractivity (Wildman–Crippen MR) is 137 cm³/mol. The molecule has 1 N–H and O–H groups in total. The number of carbonyl (C=O) groups excluding carboxylic acids is 2. The summed E-state index contributed by atoms with van der Waals surface area (Å²) in [4.78, 5) is 33.0. The average Bonchev–Trinajstić information content (AvgIpc) is 3.22. The normalized spacial score (nSPS) is 17.2. The zero-order valence-electron chi connectivity index (χ0n) is 19.9. The van der Waals surface area contributed by atoms with Crippen LogP contribution in [0.15, 0.2) is 70.2 Å². The number of ether oxygens (including phenoxy) is 1. The summed E-state index contributed by atoms with van der Waals surface area (Å²) in [5.41, 5.74) is 5.90. The minimum atomic E-state index is -0.461. The van der Waals surface area contributed by atoms with E-state index in [1.165, 1.54) is 11.8 Å². The lowest BCUT2D eigenvalue weighted by Gasteiger charge is -2.37. The molecule has 4 rings (SSSR count). The Bertz CT molecular complexity index is 1200. The lowest BCUT2D eigenvalue weighted by molar-refractivity contribution is -0.139. The first-order valence-electron chi connectivity index (χ1n) is 11.5. The van der Waals surface area contributed by atoms with Gasteiger partial charge in [0.05, 0.1) is 30.3 Å². The number of hydrogen-bond acceptors (Lipinski definition) is 6. The maximum atomic E-state index is 13.5. The van der Waals surface area contributed by atoms with Crippen molar-refractivity contribution in [2.45, 2.75) is 40.2 Å². The summed E-state index contributed by atoms with van der Waals surface area (Å²) in [6.07, 6.45) is 0.206. The quantitative estimate of drug-likeness (QED) is 0.564. The van der Waals surface area contributed by atoms with E-state index in [-0.39, 0.29) is 18.9 Å². The lowest BCUT2D eigenvalue weighted by atomic mass is 9.88. The summed E-state index contributed by atoms with van der Waals surface area (Å²) in [5.74, 6) is -0.463. The van der Waals surface area contributed by atoms with Crippen molar-refractivity contribution in [1.82, 2.24) is 10.2 Å². The Kier molecular flexibility index (Phi) is 7.22. The number of amidine groups is 1. The SMILES string of the molecule is CCNC(=O)CC1=CSC2=NC(c3ccccc3)=C(C(=O)OCC)[C@H](c3cc(C)ccc3C)N12. The fraction of sp³-hybridized carbons (Fsp3) is 0.296. The third-order valence-electron chi connectivity index (χ3n) is 5.80. The van der Waals surface area contributed by atoms with Crippen molar-refractivity contribution in [2.75, 3.05) is 13.2 Å². The Morgan fingerprint density at radius 2 is 1.88 bits per heavy atom. The number of carbonyl (C=O) groups is 2. The van der Waals surface area contributed by atoms with Crippen LogP contribution < -0.4 is 5.32 Å². The fourth-order valence-corrected chi connectivity index (χ4v) is 5.18. The molecule has 176 valence electrons. The zero-order valence-corrected chi connectivity index (χ0v) is 20.7. The highest BCUT2D eigenvalue weighted by atomic mass is 32.2. The standard InChI is InChI=1S/C27H29N3O3S/c1-5-28-22(31)15-20-16-34-27-29-24(19-10-8-7-9-11-19)23(26(32)33-6-2)25(30(20)27)21-14-17(3)12-13-18(21)4/h7-14,16,25H,5-6,15H2,1-4H3,(H,28,31)/t25-/m0/s1. The fourth-order valence-electron chi connectivity index (χ4n) is 4.26. The van der Waals surface area contributed by atoms with E-state index in [1.54, 1.807) is 6.92 Å². The van der Waals surface area contributed by atoms with Gasteiger partial charge in [-0.2, -0.15) is 0 Å². The second-order valence-corrected chi connectivity index (χ2v) is 9.07. The first kappa shape index (κ1) is 23.8. The Labute approximate surface area is 204 Å². The third-order valence-corrected chi connectivity index (χ3v) is 6.69. The molecule has 2 aliphatic rings. The van der Waals surface area contributed by atoms with E-state index >= 15 is 0 Å². The molecule has 34 heavy (non-hydrogen) atoms. The number of benzene rings is 2. The van der Waals surface area contributed by atoms with Crippen LogP contribution in [0.2, 0.25) is 0 Å². The van der Waals surface area contributed by atoms with Gasteiger partial charge in [0.2, 0.25) is 5.91 Å². The van der Waals surface area contributed by atoms with Crippen LogP contribution in [0, 0.1) is 13.8 Å². The van der Waals surface area contributed by atoms with Gasteiger partial charge in [0.1, 0.15) is 0 Å². The van der Waals surface area contributed by atoms with Crippen LogP contribution in [0.25, 0.3) is 5.70 Å². The summed E-state index contributed by atoms with van der Waals surface area (Å²) in [6.45, 7) is 8.61. The number of aryl methyl sites for hydroxylation is 2. The van der Waals surface area contributed by atoms with Crippen molar-refractivity contribution in [2.24, 2.45) is 4.99 Å². The van der Waals surface area contributed by atoms with Crippen LogP contribution in [0.3, 0.4) is 0 Å². The van der Waals surface area contributed by atoms with Gasteiger partial charge in [0.25, 0.3) is 0 Å². The van der Waals surface area contributed by atoms with E-state index in [1.807, 2.05) is 61.4 Å². The number of nitrogens with one attached hydrogen (secondary N) is 1. The first-order valence-corrected chi connectivity index (χ1v) is 12.4. The molecule has 2 aromatic rings. The number of hydrogen-bond donors (Lipinski definition) is 1. The Hall–Kier alpha value is -3.32. The number of thioether (sulfide) groups is 1. The topological polar surface area (TPSA) is 71.0 Å². The van der Waals surface area contributed by atoms with Crippen molar-refractivity contribution in [3.63, 3.8) is 0 Å². The minimum Gasteiger partial charge on any atom is -0.463 e. The summed E-state index contributed by atoms with van der Waals surface area (Å²) < 4.78 is 5.56. The number of aliphatic imine (C=N–C) groups is 1. The number of nitrogens with zero attached hydrogens (tertiary/aromatic N) is 2. The molecule has 2 aromatic carbocycles. The Morgan fingerprint density at radius 3 is 2.59 bits per heavy atom. The summed E-state index contributed by atoms with van der Waals surface area (Å²) in [6, 6.07) is 15.5. The second-order valence-electron chi connectivity index (χ2n) is 8.23. The van der Waals surface area contributed by atoms with E-state index in [0.29, 0.717) is 17.8 Å². The molecule has 0 radical (unpaired) electrons. The monoisotopic (exact) mass is 475 g/mol. The number of fused-ring (bicyclic) bond motifs is 1. The molecule has 0 unspecified atom stereocenters. The van der Waals surface area contributed by atoms with Gasteiger partial charge in [0.15, 0.2) is 5.17 Å². The highest BCUT2D eigenvalue weighted by Crippen LogP contribution is 2.47. The van der Waals surface area contributed by atoms with E-state index in [0.717, 1.165) is 33.1 Å². The van der Waals surface area contributed by atoms with Gasteiger partial charge >= 0.3 is 5.97 Å². The molecule has 0 fully saturated rings. The Balaban J connectivity index is 1.94. The van der Waals surface area contributed by atoms with Crippen LogP contribution in [0.1, 0.15) is 48.6 Å². The summed E-state index contributed by atoms with van der Waals surface area (Å²) >= 11 is 1.48. The van der Waals surface area contributed by atoms with Gasteiger partial charge in [0, 0.05) is 17.8 Å². The number of rotatable bonds is 7. The van der Waals surface area contributed by atoms with E-state index in [2.05, 4.69) is 23.5 Å². The van der Waals surface area contributed by atoms with Gasteiger partial charge in [-0.05, 0) is 44.2 Å². The minimum absolute atomic E-state index is 0.0640. The largest absolute Gasteiger partial charge is 0.463 e. The van der Waals surface area contributed by atoms with Crippen LogP contribution in [0.4, 0.5) is 0 Å². The molecule has 2 aliphatic heterocycles. The van der Waals surface area contributed by atoms with Crippen molar-refractivity contribution >= 4 is 34.5 Å². The van der Waals surface area contributed by atoms with Gasteiger partial charge in [-0.25, -0.2) is 9.79 Å². The molecular formula is C27H29N3O3S. The van der Waals surface area contributed by atoms with E-state index in [4.69, 9.17) is 9.73 Å². The van der Waals surface area contributed by atoms with Crippen molar-refractivity contribution < 1.29 is 14.3 Å². The second kappa shape index (κ2) is 10.3. The molecule has 1 amide bonds. The van der Waals surface area contributed by atoms with Gasteiger partial charge in [-0.15, -0.1) is 0 Å². The molecule has 0 saturated heterocycles. The molecule has 2 heterocycles. The maximum absolute atomic E-state index is 13.5. The van der Waals surface area contributed by atoms with Crippen LogP contribution in [-0.2, 0) is 14.3 Å². The van der Waals surface area contributed by atoms with Crippen molar-refractivity contribution in [3.8, 4) is 0 Å². The molecule has 0 spiro atoms.